The third-order valence-electron chi connectivity index (χ3n) is 6.38. The van der Waals surface area contributed by atoms with Crippen LogP contribution in [-0.4, -0.2) is 35.6 Å². The highest BCUT2D eigenvalue weighted by Crippen LogP contribution is 2.57. The normalized spacial score (nSPS) is 28.3. The van der Waals surface area contributed by atoms with Crippen LogP contribution in [0.5, 0.6) is 11.5 Å². The van der Waals surface area contributed by atoms with Crippen LogP contribution in [0.4, 0.5) is 0 Å². The van der Waals surface area contributed by atoms with E-state index in [-0.39, 0.29) is 35.9 Å². The van der Waals surface area contributed by atoms with Crippen LogP contribution in [-0.2, 0) is 14.2 Å². The first-order chi connectivity index (χ1) is 12.9. The smallest absolute Gasteiger partial charge is 0.127 e. The molecule has 5 rings (SSSR count). The molecular formula is C22H24O5. The summed E-state index contributed by atoms with van der Waals surface area (Å²) >= 11 is 0. The van der Waals surface area contributed by atoms with Gasteiger partial charge in [-0.25, -0.2) is 0 Å². The third kappa shape index (κ3) is 2.42. The zero-order chi connectivity index (χ0) is 19.0. The molecule has 0 spiro atoms. The molecule has 3 heterocycles. The molecule has 2 aromatic rings. The highest BCUT2D eigenvalue weighted by molar-refractivity contribution is 5.85. The number of hydrogen-bond donors (Lipinski definition) is 2. The van der Waals surface area contributed by atoms with Crippen molar-refractivity contribution >= 4 is 0 Å². The minimum absolute atomic E-state index is 0.0197. The Morgan fingerprint density at radius 1 is 0.778 bits per heavy atom. The Bertz CT molecular complexity index is 964. The molecule has 2 saturated heterocycles. The summed E-state index contributed by atoms with van der Waals surface area (Å²) in [4.78, 5) is 0. The van der Waals surface area contributed by atoms with Crippen molar-refractivity contribution in [2.75, 3.05) is 13.2 Å². The quantitative estimate of drug-likeness (QED) is 0.747. The molecule has 3 aliphatic heterocycles. The molecule has 27 heavy (non-hydrogen) atoms. The number of epoxide rings is 2. The van der Waals surface area contributed by atoms with Crippen LogP contribution in [0.3, 0.4) is 0 Å². The van der Waals surface area contributed by atoms with E-state index in [9.17, 15) is 10.2 Å². The average Bonchev–Trinajstić information content (AvgIpc) is 3.55. The van der Waals surface area contributed by atoms with Gasteiger partial charge in [0.2, 0.25) is 0 Å². The van der Waals surface area contributed by atoms with Crippen molar-refractivity contribution in [1.82, 2.24) is 0 Å². The van der Waals surface area contributed by atoms with Crippen LogP contribution in [0.25, 0.3) is 11.1 Å². The molecule has 0 radical (unpaired) electrons. The van der Waals surface area contributed by atoms with Gasteiger partial charge >= 0.3 is 0 Å². The lowest BCUT2D eigenvalue weighted by Gasteiger charge is -2.22. The molecule has 2 N–H and O–H groups in total. The molecule has 0 bridgehead atoms. The minimum atomic E-state index is -0.150. The Kier molecular flexibility index (Phi) is 3.60. The zero-order valence-corrected chi connectivity index (χ0v) is 16.0. The molecule has 4 unspecified atom stereocenters. The summed E-state index contributed by atoms with van der Waals surface area (Å²) in [5.74, 6) is 0.377. The first-order valence-corrected chi connectivity index (χ1v) is 9.44. The lowest BCUT2D eigenvalue weighted by molar-refractivity contribution is 0.102. The van der Waals surface area contributed by atoms with Gasteiger partial charge in [-0.2, -0.15) is 0 Å². The number of ether oxygens (including phenoxy) is 3. The van der Waals surface area contributed by atoms with Crippen molar-refractivity contribution in [2.45, 2.75) is 52.1 Å². The summed E-state index contributed by atoms with van der Waals surface area (Å²) in [7, 11) is 0. The summed E-state index contributed by atoms with van der Waals surface area (Å²) in [6.45, 7) is 9.00. The first kappa shape index (κ1) is 17.0. The molecule has 5 nitrogen and oxygen atoms in total. The molecule has 142 valence electrons. The Balaban J connectivity index is 1.86. The Hall–Kier alpha value is -2.08. The maximum atomic E-state index is 11.2. The molecule has 4 atom stereocenters. The van der Waals surface area contributed by atoms with Crippen LogP contribution < -0.4 is 0 Å². The summed E-state index contributed by atoms with van der Waals surface area (Å²) < 4.78 is 17.6. The lowest BCUT2D eigenvalue weighted by atomic mass is 9.82. The second-order valence-corrected chi connectivity index (χ2v) is 7.93. The number of benzene rings is 2. The maximum absolute atomic E-state index is 11.2. The number of phenolic OH excluding ortho intramolecular Hbond substituents is 2. The topological polar surface area (TPSA) is 74.8 Å². The lowest BCUT2D eigenvalue weighted by Crippen LogP contribution is -2.06. The van der Waals surface area contributed by atoms with Crippen LogP contribution in [0.1, 0.15) is 45.6 Å². The highest BCUT2D eigenvalue weighted by atomic mass is 16.6. The summed E-state index contributed by atoms with van der Waals surface area (Å²) in [5, 5.41) is 21.9. The highest BCUT2D eigenvalue weighted by Gasteiger charge is 2.52. The van der Waals surface area contributed by atoms with Gasteiger partial charge in [-0.05, 0) is 61.6 Å². The molecule has 2 fully saturated rings. The summed E-state index contributed by atoms with van der Waals surface area (Å²) in [6.07, 6.45) is -0.173. The predicted octanol–water partition coefficient (Wildman–Crippen LogP) is 3.91. The van der Waals surface area contributed by atoms with Gasteiger partial charge in [-0.15, -0.1) is 0 Å². The Labute approximate surface area is 158 Å². The van der Waals surface area contributed by atoms with Gasteiger partial charge in [-0.1, -0.05) is 6.07 Å². The SMILES string of the molecule is Cc1ccc(O)c(-c2c(O)c(C)c(C)c3c2C2OC2COCC2OC32)c1C. The van der Waals surface area contributed by atoms with E-state index in [1.807, 2.05) is 33.8 Å². The van der Waals surface area contributed by atoms with E-state index in [1.54, 1.807) is 6.07 Å². The number of aryl methyl sites for hydroxylation is 1. The van der Waals surface area contributed by atoms with Crippen molar-refractivity contribution in [2.24, 2.45) is 0 Å². The number of rotatable bonds is 1. The number of hydrogen-bond acceptors (Lipinski definition) is 5. The van der Waals surface area contributed by atoms with E-state index in [2.05, 4.69) is 0 Å². The van der Waals surface area contributed by atoms with E-state index in [1.165, 1.54) is 0 Å². The maximum Gasteiger partial charge on any atom is 0.127 e. The molecule has 0 aliphatic carbocycles. The van der Waals surface area contributed by atoms with Crippen LogP contribution in [0.2, 0.25) is 0 Å². The predicted molar refractivity (Wildman–Crippen MR) is 100 cm³/mol. The Morgan fingerprint density at radius 3 is 2.07 bits per heavy atom. The van der Waals surface area contributed by atoms with Crippen molar-refractivity contribution in [3.05, 3.63) is 45.5 Å². The zero-order valence-electron chi connectivity index (χ0n) is 16.0. The van der Waals surface area contributed by atoms with Crippen LogP contribution >= 0.6 is 0 Å². The molecule has 5 heteroatoms. The molecule has 0 saturated carbocycles. The third-order valence-corrected chi connectivity index (χ3v) is 6.38. The monoisotopic (exact) mass is 368 g/mol. The molecule has 0 amide bonds. The number of fused-ring (bicyclic) bond motifs is 5. The van der Waals surface area contributed by atoms with Crippen molar-refractivity contribution in [3.63, 3.8) is 0 Å². The van der Waals surface area contributed by atoms with Crippen LogP contribution in [0.15, 0.2) is 12.1 Å². The minimum Gasteiger partial charge on any atom is -0.507 e. The summed E-state index contributed by atoms with van der Waals surface area (Å²) in [6, 6.07) is 3.59. The van der Waals surface area contributed by atoms with Crippen LogP contribution in [0, 0.1) is 27.7 Å². The molecule has 0 aromatic heterocycles. The fourth-order valence-corrected chi connectivity index (χ4v) is 4.41. The summed E-state index contributed by atoms with van der Waals surface area (Å²) in [5.41, 5.74) is 7.25. The second-order valence-electron chi connectivity index (χ2n) is 7.93. The standard InChI is InChI=1S/C22H24O5/c1-9-5-6-13(23)16(10(9)2)18-19-17(11(3)12(4)20(18)24)21-14(26-21)7-25-8-15-22(19)27-15/h5-6,14-15,21-24H,7-8H2,1-4H3. The Morgan fingerprint density at radius 2 is 1.41 bits per heavy atom. The van der Waals surface area contributed by atoms with E-state index in [0.29, 0.717) is 24.3 Å². The fraction of sp³-hybridized carbons (Fsp3) is 0.455. The molecular weight excluding hydrogens is 344 g/mol. The van der Waals surface area contributed by atoms with Gasteiger partial charge in [-0.3, -0.25) is 0 Å². The van der Waals surface area contributed by atoms with Gasteiger partial charge in [0.15, 0.2) is 0 Å². The van der Waals surface area contributed by atoms with E-state index >= 15 is 0 Å². The number of phenols is 2. The van der Waals surface area contributed by atoms with E-state index < -0.39 is 0 Å². The second kappa shape index (κ2) is 5.71. The van der Waals surface area contributed by atoms with Gasteiger partial charge < -0.3 is 24.4 Å². The van der Waals surface area contributed by atoms with Gasteiger partial charge in [0.25, 0.3) is 0 Å². The van der Waals surface area contributed by atoms with Crippen molar-refractivity contribution in [1.29, 1.82) is 0 Å². The molecule has 2 aromatic carbocycles. The van der Waals surface area contributed by atoms with E-state index in [4.69, 9.17) is 14.2 Å². The number of aromatic hydroxyl groups is 2. The largest absolute Gasteiger partial charge is 0.507 e. The van der Waals surface area contributed by atoms with Gasteiger partial charge in [0.1, 0.15) is 35.9 Å². The van der Waals surface area contributed by atoms with E-state index in [0.717, 1.165) is 33.4 Å². The van der Waals surface area contributed by atoms with Gasteiger partial charge in [0, 0.05) is 16.7 Å². The fourth-order valence-electron chi connectivity index (χ4n) is 4.41. The van der Waals surface area contributed by atoms with Crippen molar-refractivity contribution in [3.8, 4) is 22.6 Å². The van der Waals surface area contributed by atoms with Gasteiger partial charge in [0.05, 0.1) is 13.2 Å². The molecule has 3 aliphatic rings. The first-order valence-electron chi connectivity index (χ1n) is 9.44. The average molecular weight is 368 g/mol. The van der Waals surface area contributed by atoms with Crippen molar-refractivity contribution < 1.29 is 24.4 Å².